The Morgan fingerprint density at radius 3 is 2.61 bits per heavy atom. The number of carbonyl (C=O) groups excluding carboxylic acids is 2. The van der Waals surface area contributed by atoms with Crippen LogP contribution in [-0.4, -0.2) is 46.6 Å². The zero-order valence-electron chi connectivity index (χ0n) is 11.6. The average molecular weight is 405 g/mol. The number of alkyl halides is 5. The Morgan fingerprint density at radius 2 is 2.00 bits per heavy atom. The van der Waals surface area contributed by atoms with E-state index in [1.807, 2.05) is 0 Å². The lowest BCUT2D eigenvalue weighted by Gasteiger charge is -2.27. The number of halogens is 5. The lowest BCUT2D eigenvalue weighted by molar-refractivity contribution is -0.171. The second kappa shape index (κ2) is 5.30. The van der Waals surface area contributed by atoms with Crippen molar-refractivity contribution in [3.8, 4) is 0 Å². The Hall–Kier alpha value is -0.900. The van der Waals surface area contributed by atoms with Crippen molar-refractivity contribution in [3.05, 3.63) is 0 Å². The van der Waals surface area contributed by atoms with Gasteiger partial charge in [0.25, 0.3) is 0 Å². The molecular formula is C13H13BrF4O5. The van der Waals surface area contributed by atoms with Crippen molar-refractivity contribution < 1.29 is 41.7 Å². The molecule has 0 spiro atoms. The lowest BCUT2D eigenvalue weighted by Crippen LogP contribution is -2.42. The lowest BCUT2D eigenvalue weighted by atomic mass is 9.78. The third-order valence-electron chi connectivity index (χ3n) is 4.92. The van der Waals surface area contributed by atoms with Gasteiger partial charge in [-0.3, -0.25) is 9.59 Å². The molecule has 6 atom stereocenters. The van der Waals surface area contributed by atoms with Gasteiger partial charge < -0.3 is 14.6 Å². The summed E-state index contributed by atoms with van der Waals surface area (Å²) >= 11 is 1.58. The van der Waals surface area contributed by atoms with Crippen molar-refractivity contribution in [2.24, 2.45) is 23.7 Å². The number of hydrogen-bond acceptors (Lipinski definition) is 5. The fourth-order valence-corrected chi connectivity index (χ4v) is 4.06. The molecule has 2 aliphatic carbocycles. The molecule has 0 aromatic rings. The molecule has 1 aliphatic heterocycles. The van der Waals surface area contributed by atoms with Crippen molar-refractivity contribution >= 4 is 27.9 Å². The second-order valence-corrected chi connectivity index (χ2v) is 7.12. The van der Waals surface area contributed by atoms with Crippen LogP contribution in [-0.2, 0) is 19.1 Å². The first-order valence-electron chi connectivity index (χ1n) is 7.04. The van der Waals surface area contributed by atoms with E-state index in [0.29, 0.717) is 6.42 Å². The molecule has 0 radical (unpaired) electrons. The number of carbonyl (C=O) groups is 2. The van der Waals surface area contributed by atoms with E-state index < -0.39 is 65.7 Å². The van der Waals surface area contributed by atoms with E-state index in [0.717, 1.165) is 0 Å². The SMILES string of the molecule is O=C(OCCC(F)(F)C(F)(F)Br)C1C2CC3C(OC(=O)C31)C2O. The molecule has 6 unspecified atom stereocenters. The molecule has 10 heteroatoms. The first-order chi connectivity index (χ1) is 10.5. The van der Waals surface area contributed by atoms with Gasteiger partial charge in [0.2, 0.25) is 0 Å². The van der Waals surface area contributed by atoms with Crippen molar-refractivity contribution in [2.45, 2.75) is 35.8 Å². The van der Waals surface area contributed by atoms with Crippen LogP contribution >= 0.6 is 15.9 Å². The second-order valence-electron chi connectivity index (χ2n) is 6.13. The summed E-state index contributed by atoms with van der Waals surface area (Å²) in [5.74, 6) is -8.47. The summed E-state index contributed by atoms with van der Waals surface area (Å²) in [5, 5.41) is 9.99. The van der Waals surface area contributed by atoms with Crippen LogP contribution in [0.1, 0.15) is 12.8 Å². The van der Waals surface area contributed by atoms with Crippen molar-refractivity contribution in [1.82, 2.24) is 0 Å². The number of aliphatic hydroxyl groups excluding tert-OH is 1. The smallest absolute Gasteiger partial charge is 0.363 e. The standard InChI is InChI=1S/C13H13BrF4O5/c14-13(17,18)12(15,16)1-2-22-10(20)6-4-3-5-7(6)11(21)23-9(5)8(4)19/h4-9,19H,1-3H2. The summed E-state index contributed by atoms with van der Waals surface area (Å²) < 4.78 is 61.0. The van der Waals surface area contributed by atoms with Gasteiger partial charge in [0.05, 0.1) is 31.0 Å². The minimum absolute atomic E-state index is 0.284. The Labute approximate surface area is 136 Å². The topological polar surface area (TPSA) is 72.8 Å². The summed E-state index contributed by atoms with van der Waals surface area (Å²) in [4.78, 5) is 19.4. The molecule has 2 bridgehead atoms. The molecule has 130 valence electrons. The van der Waals surface area contributed by atoms with Crippen molar-refractivity contribution in [3.63, 3.8) is 0 Å². The van der Waals surface area contributed by atoms with Crippen molar-refractivity contribution in [2.75, 3.05) is 6.61 Å². The highest BCUT2D eigenvalue weighted by Crippen LogP contribution is 2.58. The molecule has 3 rings (SSSR count). The molecule has 3 fully saturated rings. The summed E-state index contributed by atoms with van der Waals surface area (Å²) in [6.07, 6.45) is -2.57. The quantitative estimate of drug-likeness (QED) is 0.429. The van der Waals surface area contributed by atoms with Crippen LogP contribution in [0.15, 0.2) is 0 Å². The van der Waals surface area contributed by atoms with E-state index in [9.17, 15) is 32.3 Å². The molecule has 0 amide bonds. The predicted molar refractivity (Wildman–Crippen MR) is 68.9 cm³/mol. The summed E-state index contributed by atoms with van der Waals surface area (Å²) in [6.45, 7) is -0.914. The molecule has 3 aliphatic rings. The first kappa shape index (κ1) is 16.9. The number of rotatable bonds is 5. The molecular weight excluding hydrogens is 392 g/mol. The Balaban J connectivity index is 1.61. The van der Waals surface area contributed by atoms with Crippen LogP contribution < -0.4 is 0 Å². The minimum atomic E-state index is -4.41. The predicted octanol–water partition coefficient (Wildman–Crippen LogP) is 1.71. The molecule has 23 heavy (non-hydrogen) atoms. The van der Waals surface area contributed by atoms with Gasteiger partial charge in [-0.25, -0.2) is 0 Å². The maximum atomic E-state index is 13.1. The molecule has 5 nitrogen and oxygen atoms in total. The van der Waals surface area contributed by atoms with E-state index in [1.54, 1.807) is 15.9 Å². The molecule has 1 N–H and O–H groups in total. The molecule has 1 saturated heterocycles. The van der Waals surface area contributed by atoms with E-state index in [4.69, 9.17) is 4.74 Å². The van der Waals surface area contributed by atoms with Crippen LogP contribution in [0.3, 0.4) is 0 Å². The van der Waals surface area contributed by atoms with Gasteiger partial charge in [-0.05, 0) is 22.4 Å². The third-order valence-corrected chi connectivity index (χ3v) is 5.50. The summed E-state index contributed by atoms with van der Waals surface area (Å²) in [5.41, 5.74) is 0. The highest BCUT2D eigenvalue weighted by Gasteiger charge is 2.68. The number of aliphatic hydroxyl groups is 1. The Kier molecular flexibility index (Phi) is 3.90. The Bertz CT molecular complexity index is 537. The largest absolute Gasteiger partial charge is 0.465 e. The van der Waals surface area contributed by atoms with E-state index in [1.165, 1.54) is 0 Å². The third kappa shape index (κ3) is 2.54. The fourth-order valence-electron chi connectivity index (χ4n) is 3.86. The molecule has 0 aromatic heterocycles. The van der Waals surface area contributed by atoms with E-state index >= 15 is 0 Å². The number of fused-ring (bicyclic) bond motifs is 1. The van der Waals surface area contributed by atoms with Gasteiger partial charge in [-0.15, -0.1) is 0 Å². The van der Waals surface area contributed by atoms with Crippen LogP contribution in [0.5, 0.6) is 0 Å². The molecule has 0 aromatic carbocycles. The highest BCUT2D eigenvalue weighted by molar-refractivity contribution is 9.10. The normalized spacial score (nSPS) is 38.8. The van der Waals surface area contributed by atoms with Crippen molar-refractivity contribution in [1.29, 1.82) is 0 Å². The molecule has 1 heterocycles. The van der Waals surface area contributed by atoms with Gasteiger partial charge in [-0.1, -0.05) is 0 Å². The number of ether oxygens (including phenoxy) is 2. The van der Waals surface area contributed by atoms with Gasteiger partial charge in [0.1, 0.15) is 6.10 Å². The Morgan fingerprint density at radius 1 is 1.35 bits per heavy atom. The molecule has 2 saturated carbocycles. The highest BCUT2D eigenvalue weighted by atomic mass is 79.9. The van der Waals surface area contributed by atoms with Crippen LogP contribution in [0.25, 0.3) is 0 Å². The van der Waals surface area contributed by atoms with E-state index in [-0.39, 0.29) is 5.92 Å². The maximum absolute atomic E-state index is 13.1. The van der Waals surface area contributed by atoms with E-state index in [2.05, 4.69) is 4.74 Å². The van der Waals surface area contributed by atoms with Gasteiger partial charge in [0.15, 0.2) is 0 Å². The number of esters is 2. The van der Waals surface area contributed by atoms with Crippen LogP contribution in [0.2, 0.25) is 0 Å². The van der Waals surface area contributed by atoms with Gasteiger partial charge >= 0.3 is 22.7 Å². The minimum Gasteiger partial charge on any atom is -0.465 e. The van der Waals surface area contributed by atoms with Crippen LogP contribution in [0, 0.1) is 23.7 Å². The van der Waals surface area contributed by atoms with Gasteiger partial charge in [0, 0.05) is 11.8 Å². The fraction of sp³-hybridized carbons (Fsp3) is 0.846. The summed E-state index contributed by atoms with van der Waals surface area (Å²) in [7, 11) is 0. The number of hydrogen-bond donors (Lipinski definition) is 1. The van der Waals surface area contributed by atoms with Gasteiger partial charge in [-0.2, -0.15) is 17.6 Å². The average Bonchev–Trinajstić information content (AvgIpc) is 3.01. The summed E-state index contributed by atoms with van der Waals surface area (Å²) in [6, 6.07) is 0. The maximum Gasteiger partial charge on any atom is 0.363 e. The monoisotopic (exact) mass is 404 g/mol. The zero-order chi connectivity index (χ0) is 17.2. The zero-order valence-corrected chi connectivity index (χ0v) is 13.1. The first-order valence-corrected chi connectivity index (χ1v) is 7.83. The van der Waals surface area contributed by atoms with Crippen LogP contribution in [0.4, 0.5) is 17.6 Å².